The Labute approximate surface area is 163 Å². The zero-order valence-corrected chi connectivity index (χ0v) is 19.5. The first kappa shape index (κ1) is 20.8. The summed E-state index contributed by atoms with van der Waals surface area (Å²) in [5.74, 6) is 0.517. The first-order valence-electron chi connectivity index (χ1n) is 7.73. The predicted molar refractivity (Wildman–Crippen MR) is 89.1 cm³/mol. The van der Waals surface area contributed by atoms with E-state index in [-0.39, 0.29) is 30.2 Å². The van der Waals surface area contributed by atoms with Gasteiger partial charge in [0.05, 0.1) is 0 Å². The molecular weight excluding hydrogens is 490 g/mol. The average molecular weight is 513 g/mol. The van der Waals surface area contributed by atoms with Gasteiger partial charge in [-0.3, -0.25) is 0 Å². The molecule has 2 aliphatic rings. The molecule has 0 heterocycles. The molecule has 0 aromatic heterocycles. The van der Waals surface area contributed by atoms with Gasteiger partial charge in [0.25, 0.3) is 0 Å². The maximum Gasteiger partial charge on any atom is -1.00 e. The maximum atomic E-state index is 2.49. The van der Waals surface area contributed by atoms with E-state index in [2.05, 4.69) is 74.8 Å². The van der Waals surface area contributed by atoms with Crippen LogP contribution in [0.15, 0.2) is 50.4 Å². The second kappa shape index (κ2) is 7.76. The molecule has 3 heteroatoms. The Hall–Kier alpha value is -0.240. The van der Waals surface area contributed by atoms with Crippen LogP contribution >= 0.6 is 0 Å². The van der Waals surface area contributed by atoms with E-state index in [0.717, 1.165) is 0 Å². The normalized spacial score (nSPS) is 25.3. The summed E-state index contributed by atoms with van der Waals surface area (Å²) < 4.78 is 4.29. The van der Waals surface area contributed by atoms with Gasteiger partial charge in [-0.25, -0.2) is 0 Å². The SMILES string of the molecule is C[CH]=[Hf+2][C]1=C(C)C(C)=C(C)C1(C)C1C=Cc2ccccc21.[Cl-].[Cl-]. The van der Waals surface area contributed by atoms with Crippen molar-refractivity contribution in [2.75, 3.05) is 0 Å². The molecule has 0 saturated carbocycles. The van der Waals surface area contributed by atoms with Crippen molar-refractivity contribution in [3.63, 3.8) is 0 Å². The smallest absolute Gasteiger partial charge is 1.00 e. The fourth-order valence-corrected chi connectivity index (χ4v) is 8.78. The van der Waals surface area contributed by atoms with Gasteiger partial charge in [0.1, 0.15) is 0 Å². The molecule has 2 aliphatic carbocycles. The molecule has 0 nitrogen and oxygen atoms in total. The molecule has 0 radical (unpaired) electrons. The van der Waals surface area contributed by atoms with E-state index in [0.29, 0.717) is 5.92 Å². The predicted octanol–water partition coefficient (Wildman–Crippen LogP) is -0.660. The molecule has 0 aliphatic heterocycles. The quantitative estimate of drug-likeness (QED) is 0.462. The van der Waals surface area contributed by atoms with Gasteiger partial charge < -0.3 is 24.8 Å². The minimum atomic E-state index is -0.815. The van der Waals surface area contributed by atoms with E-state index in [1.165, 1.54) is 11.1 Å². The largest absolute Gasteiger partial charge is 1.00 e. The molecule has 0 fully saturated rings. The third kappa shape index (κ3) is 3.05. The first-order chi connectivity index (χ1) is 10.0. The van der Waals surface area contributed by atoms with E-state index in [9.17, 15) is 0 Å². The summed E-state index contributed by atoms with van der Waals surface area (Å²) in [6.07, 6.45) is 4.77. The Morgan fingerprint density at radius 3 is 2.35 bits per heavy atom. The van der Waals surface area contributed by atoms with Crippen molar-refractivity contribution in [2.24, 2.45) is 5.41 Å². The van der Waals surface area contributed by atoms with Gasteiger partial charge in [-0.2, -0.15) is 0 Å². The molecule has 0 saturated heterocycles. The zero-order valence-electron chi connectivity index (χ0n) is 14.4. The number of benzene rings is 1. The van der Waals surface area contributed by atoms with Crippen LogP contribution in [0.2, 0.25) is 0 Å². The Morgan fingerprint density at radius 2 is 1.70 bits per heavy atom. The molecular formula is C20H23Cl2Hf. The molecule has 0 bridgehead atoms. The molecule has 121 valence electrons. The number of hydrogen-bond donors (Lipinski definition) is 0. The minimum Gasteiger partial charge on any atom is -1.00 e. The van der Waals surface area contributed by atoms with Crippen LogP contribution in [0.25, 0.3) is 6.08 Å². The molecule has 0 N–H and O–H groups in total. The van der Waals surface area contributed by atoms with E-state index in [1.807, 2.05) is 0 Å². The Bertz CT molecular complexity index is 725. The topological polar surface area (TPSA) is 0 Å². The number of halogens is 2. The maximum absolute atomic E-state index is 2.49. The summed E-state index contributed by atoms with van der Waals surface area (Å²) in [5, 5.41) is 0. The van der Waals surface area contributed by atoms with E-state index in [4.69, 9.17) is 0 Å². The fourth-order valence-electron chi connectivity index (χ4n) is 3.98. The summed E-state index contributed by atoms with van der Waals surface area (Å²) in [5.41, 5.74) is 7.86. The van der Waals surface area contributed by atoms with Crippen LogP contribution in [-0.4, -0.2) is 3.76 Å². The van der Waals surface area contributed by atoms with Gasteiger partial charge in [0.15, 0.2) is 0 Å². The third-order valence-corrected chi connectivity index (χ3v) is 10.8. The van der Waals surface area contributed by atoms with E-state index >= 15 is 0 Å². The number of fused-ring (bicyclic) bond motifs is 1. The van der Waals surface area contributed by atoms with Crippen LogP contribution in [0.3, 0.4) is 0 Å². The minimum absolute atomic E-state index is 0. The van der Waals surface area contributed by atoms with Crippen LogP contribution in [0.5, 0.6) is 0 Å². The molecule has 23 heavy (non-hydrogen) atoms. The molecule has 2 atom stereocenters. The summed E-state index contributed by atoms with van der Waals surface area (Å²) >= 11 is -0.815. The number of rotatable bonds is 2. The van der Waals surface area contributed by atoms with Crippen molar-refractivity contribution in [2.45, 2.75) is 40.5 Å². The van der Waals surface area contributed by atoms with Gasteiger partial charge in [-0.05, 0) is 0 Å². The zero-order chi connectivity index (χ0) is 15.2. The molecule has 0 amide bonds. The van der Waals surface area contributed by atoms with Gasteiger partial charge in [-0.15, -0.1) is 0 Å². The van der Waals surface area contributed by atoms with Gasteiger partial charge in [0, 0.05) is 0 Å². The first-order valence-corrected chi connectivity index (χ1v) is 11.6. The van der Waals surface area contributed by atoms with Crippen molar-refractivity contribution in [1.29, 1.82) is 0 Å². The fraction of sp³-hybridized carbons (Fsp3) is 0.350. The molecule has 1 aromatic rings. The summed E-state index contributed by atoms with van der Waals surface area (Å²) in [7, 11) is 0. The van der Waals surface area contributed by atoms with Crippen molar-refractivity contribution in [1.82, 2.24) is 0 Å². The Morgan fingerprint density at radius 1 is 1.04 bits per heavy atom. The average Bonchev–Trinajstić information content (AvgIpc) is 2.99. The summed E-state index contributed by atoms with van der Waals surface area (Å²) in [4.78, 5) is 0. The standard InChI is InChI=1S/C18H19.C2H4.2ClH.Hf/c1-12-11-18(4,14(3)13(12)2)17-10-9-15-7-5-6-8-16(15)17;1-2;;;/h5-10,17H,1-4H3;1H,2H3;2*1H;/q;;;;+2/p-2. The van der Waals surface area contributed by atoms with Crippen LogP contribution in [0, 0.1) is 5.41 Å². The van der Waals surface area contributed by atoms with Crippen LogP contribution in [0.1, 0.15) is 51.7 Å². The monoisotopic (exact) mass is 513 g/mol. The van der Waals surface area contributed by atoms with Gasteiger partial charge in [0.2, 0.25) is 0 Å². The number of allylic oxidation sites excluding steroid dienone is 5. The molecule has 3 rings (SSSR count). The van der Waals surface area contributed by atoms with Crippen molar-refractivity contribution < 1.29 is 47.2 Å². The second-order valence-electron chi connectivity index (χ2n) is 6.35. The van der Waals surface area contributed by atoms with Gasteiger partial charge in [-0.1, -0.05) is 0 Å². The Kier molecular flexibility index (Phi) is 7.02. The van der Waals surface area contributed by atoms with Crippen LogP contribution in [0.4, 0.5) is 0 Å². The van der Waals surface area contributed by atoms with Crippen LogP contribution < -0.4 is 24.8 Å². The van der Waals surface area contributed by atoms with E-state index in [1.54, 1.807) is 20.0 Å². The van der Waals surface area contributed by atoms with E-state index < -0.39 is 22.4 Å². The van der Waals surface area contributed by atoms with Gasteiger partial charge >= 0.3 is 140 Å². The molecule has 2 unspecified atom stereocenters. The van der Waals surface area contributed by atoms with Crippen LogP contribution in [-0.2, 0) is 22.4 Å². The van der Waals surface area contributed by atoms with Crippen molar-refractivity contribution in [3.8, 4) is 0 Å². The third-order valence-electron chi connectivity index (χ3n) is 5.51. The summed E-state index contributed by atoms with van der Waals surface area (Å²) in [6.45, 7) is 11.8. The second-order valence-corrected chi connectivity index (χ2v) is 11.3. The number of hydrogen-bond acceptors (Lipinski definition) is 0. The van der Waals surface area contributed by atoms with Crippen molar-refractivity contribution >= 4 is 9.83 Å². The molecule has 0 spiro atoms. The summed E-state index contributed by atoms with van der Waals surface area (Å²) in [6, 6.07) is 8.91. The van der Waals surface area contributed by atoms with Crippen molar-refractivity contribution in [3.05, 3.63) is 61.5 Å². The molecule has 1 aromatic carbocycles. The Balaban J connectivity index is 0.00000132.